The lowest BCUT2D eigenvalue weighted by atomic mass is 10.1. The minimum atomic E-state index is -3.94. The molecule has 36 heavy (non-hydrogen) atoms. The van der Waals surface area contributed by atoms with Gasteiger partial charge in [-0.15, -0.1) is 0 Å². The lowest BCUT2D eigenvalue weighted by Gasteiger charge is -2.36. The van der Waals surface area contributed by atoms with Gasteiger partial charge in [-0.3, -0.25) is 0 Å². The first-order valence-corrected chi connectivity index (χ1v) is 13.4. The summed E-state index contributed by atoms with van der Waals surface area (Å²) in [5.41, 5.74) is 2.79. The molecule has 9 heteroatoms. The Morgan fingerprint density at radius 2 is 1.53 bits per heavy atom. The zero-order valence-electron chi connectivity index (χ0n) is 20.0. The average molecular weight is 524 g/mol. The van der Waals surface area contributed by atoms with Crippen LogP contribution in [0.2, 0.25) is 5.02 Å². The summed E-state index contributed by atoms with van der Waals surface area (Å²) in [5.74, 6) is 1.35. The second-order valence-electron chi connectivity index (χ2n) is 8.57. The number of hydrogen-bond acceptors (Lipinski definition) is 7. The van der Waals surface area contributed by atoms with E-state index < -0.39 is 9.84 Å². The number of piperazine rings is 1. The molecule has 0 amide bonds. The van der Waals surface area contributed by atoms with Gasteiger partial charge in [-0.25, -0.2) is 8.42 Å². The highest BCUT2D eigenvalue weighted by Crippen LogP contribution is 2.36. The number of anilines is 2. The fourth-order valence-electron chi connectivity index (χ4n) is 4.29. The molecule has 5 rings (SSSR count). The third-order valence-corrected chi connectivity index (χ3v) is 8.26. The van der Waals surface area contributed by atoms with Crippen molar-refractivity contribution in [1.82, 2.24) is 4.98 Å². The zero-order chi connectivity index (χ0) is 25.3. The predicted octanol–water partition coefficient (Wildman–Crippen LogP) is 5.47. The summed E-state index contributed by atoms with van der Waals surface area (Å²) in [6.45, 7) is 4.51. The van der Waals surface area contributed by atoms with Gasteiger partial charge in [0.1, 0.15) is 5.75 Å². The van der Waals surface area contributed by atoms with Crippen molar-refractivity contribution in [3.8, 4) is 17.2 Å². The van der Waals surface area contributed by atoms with Crippen LogP contribution < -0.4 is 14.5 Å². The highest BCUT2D eigenvalue weighted by atomic mass is 35.5. The molecule has 2 heterocycles. The number of hydrogen-bond donors (Lipinski definition) is 0. The number of aromatic nitrogens is 1. The maximum absolute atomic E-state index is 13.7. The highest BCUT2D eigenvalue weighted by molar-refractivity contribution is 7.91. The van der Waals surface area contributed by atoms with Gasteiger partial charge in [-0.1, -0.05) is 29.8 Å². The number of rotatable bonds is 6. The fraction of sp³-hybridized carbons (Fsp3) is 0.222. The van der Waals surface area contributed by atoms with Crippen molar-refractivity contribution in [2.75, 3.05) is 43.1 Å². The van der Waals surface area contributed by atoms with Crippen LogP contribution in [0, 0.1) is 6.92 Å². The molecule has 1 aliphatic rings. The van der Waals surface area contributed by atoms with Crippen molar-refractivity contribution in [2.45, 2.75) is 16.8 Å². The van der Waals surface area contributed by atoms with Crippen molar-refractivity contribution in [1.29, 1.82) is 0 Å². The molecule has 1 aliphatic heterocycles. The van der Waals surface area contributed by atoms with Crippen LogP contribution in [0.3, 0.4) is 0 Å². The first-order chi connectivity index (χ1) is 17.4. The average Bonchev–Trinajstić information content (AvgIpc) is 3.36. The minimum Gasteiger partial charge on any atom is -0.497 e. The smallest absolute Gasteiger partial charge is 0.236 e. The molecule has 0 aliphatic carbocycles. The number of oxazole rings is 1. The minimum absolute atomic E-state index is 0.0824. The third-order valence-electron chi connectivity index (χ3n) is 6.34. The van der Waals surface area contributed by atoms with E-state index in [1.54, 1.807) is 19.2 Å². The molecule has 1 aromatic heterocycles. The summed E-state index contributed by atoms with van der Waals surface area (Å²) < 4.78 is 38.8. The predicted molar refractivity (Wildman–Crippen MR) is 141 cm³/mol. The largest absolute Gasteiger partial charge is 0.497 e. The summed E-state index contributed by atoms with van der Waals surface area (Å²) in [4.78, 5) is 8.85. The molecular weight excluding hydrogens is 498 g/mol. The van der Waals surface area contributed by atoms with Crippen LogP contribution in [0.5, 0.6) is 5.75 Å². The quantitative estimate of drug-likeness (QED) is 0.331. The molecule has 0 bridgehead atoms. The van der Waals surface area contributed by atoms with Crippen LogP contribution >= 0.6 is 11.6 Å². The van der Waals surface area contributed by atoms with Gasteiger partial charge in [-0.05, 0) is 67.1 Å². The number of ether oxygens (including phenoxy) is 1. The summed E-state index contributed by atoms with van der Waals surface area (Å²) in [6, 6.07) is 21.6. The normalized spacial score (nSPS) is 14.2. The van der Waals surface area contributed by atoms with Crippen molar-refractivity contribution < 1.29 is 17.6 Å². The molecule has 0 atom stereocenters. The molecule has 0 N–H and O–H groups in total. The second kappa shape index (κ2) is 9.87. The van der Waals surface area contributed by atoms with Gasteiger partial charge in [0.05, 0.1) is 12.0 Å². The van der Waals surface area contributed by atoms with Crippen molar-refractivity contribution in [2.24, 2.45) is 0 Å². The summed E-state index contributed by atoms with van der Waals surface area (Å²) in [6.07, 6.45) is 0. The molecule has 3 aromatic carbocycles. The van der Waals surface area contributed by atoms with E-state index in [9.17, 15) is 8.42 Å². The number of aryl methyl sites for hydroxylation is 1. The Morgan fingerprint density at radius 1 is 0.889 bits per heavy atom. The van der Waals surface area contributed by atoms with E-state index in [1.807, 2.05) is 60.4 Å². The van der Waals surface area contributed by atoms with Crippen LogP contribution in [0.25, 0.3) is 11.5 Å². The molecule has 0 radical (unpaired) electrons. The molecule has 0 unspecified atom stereocenters. The van der Waals surface area contributed by atoms with Gasteiger partial charge in [0.15, 0.2) is 0 Å². The standard InChI is InChI=1S/C27H26ClN3O4S/c1-19-5-3-4-6-24(19)25-29-26(36(32,33)23-13-7-20(28)8-14-23)27(35-25)31-17-15-30(16-18-31)21-9-11-22(34-2)12-10-21/h3-14H,15-18H2,1-2H3. The lowest BCUT2D eigenvalue weighted by Crippen LogP contribution is -2.46. The number of nitrogens with zero attached hydrogens (tertiary/aromatic N) is 3. The van der Waals surface area contributed by atoms with Gasteiger partial charge >= 0.3 is 0 Å². The molecule has 1 saturated heterocycles. The van der Waals surface area contributed by atoms with Crippen molar-refractivity contribution in [3.05, 3.63) is 83.4 Å². The second-order valence-corrected chi connectivity index (χ2v) is 10.9. The molecule has 1 fully saturated rings. The third kappa shape index (κ3) is 4.66. The summed E-state index contributed by atoms with van der Waals surface area (Å²) in [7, 11) is -2.30. The van der Waals surface area contributed by atoms with Gasteiger partial charge < -0.3 is 19.0 Å². The Labute approximate surface area is 215 Å². The van der Waals surface area contributed by atoms with Gasteiger partial charge in [0.2, 0.25) is 26.6 Å². The Morgan fingerprint density at radius 3 is 2.17 bits per heavy atom. The van der Waals surface area contributed by atoms with Crippen molar-refractivity contribution >= 4 is 33.0 Å². The number of halogens is 1. The Hall–Kier alpha value is -3.49. The van der Waals surface area contributed by atoms with Gasteiger partial charge in [0, 0.05) is 42.5 Å². The molecule has 0 spiro atoms. The Balaban J connectivity index is 1.49. The molecule has 0 saturated carbocycles. The van der Waals surface area contributed by atoms with E-state index in [1.165, 1.54) is 12.1 Å². The van der Waals surface area contributed by atoms with Crippen LogP contribution in [0.4, 0.5) is 11.6 Å². The Kier molecular flexibility index (Phi) is 6.64. The van der Waals surface area contributed by atoms with Crippen LogP contribution in [-0.4, -0.2) is 46.7 Å². The summed E-state index contributed by atoms with van der Waals surface area (Å²) >= 11 is 5.99. The summed E-state index contributed by atoms with van der Waals surface area (Å²) in [5, 5.41) is 0.380. The Bertz CT molecular complexity index is 1460. The number of benzene rings is 3. The zero-order valence-corrected chi connectivity index (χ0v) is 21.6. The highest BCUT2D eigenvalue weighted by Gasteiger charge is 2.33. The van der Waals surface area contributed by atoms with E-state index >= 15 is 0 Å². The van der Waals surface area contributed by atoms with E-state index in [4.69, 9.17) is 20.8 Å². The van der Waals surface area contributed by atoms with Gasteiger partial charge in [-0.2, -0.15) is 4.98 Å². The molecule has 186 valence electrons. The van der Waals surface area contributed by atoms with Crippen LogP contribution in [0.15, 0.2) is 87.1 Å². The lowest BCUT2D eigenvalue weighted by molar-refractivity contribution is 0.415. The van der Waals surface area contributed by atoms with Crippen molar-refractivity contribution in [3.63, 3.8) is 0 Å². The maximum atomic E-state index is 13.7. The van der Waals surface area contributed by atoms with Crippen LogP contribution in [-0.2, 0) is 9.84 Å². The topological polar surface area (TPSA) is 75.9 Å². The maximum Gasteiger partial charge on any atom is 0.236 e. The van der Waals surface area contributed by atoms with E-state index in [-0.39, 0.29) is 21.7 Å². The van der Waals surface area contributed by atoms with E-state index in [0.717, 1.165) is 22.6 Å². The number of sulfone groups is 1. The SMILES string of the molecule is COc1ccc(N2CCN(c3oc(-c4ccccc4C)nc3S(=O)(=O)c3ccc(Cl)cc3)CC2)cc1. The number of methoxy groups -OCH3 is 1. The van der Waals surface area contributed by atoms with E-state index in [0.29, 0.717) is 31.2 Å². The molecule has 4 aromatic rings. The molecule has 7 nitrogen and oxygen atoms in total. The van der Waals surface area contributed by atoms with E-state index in [2.05, 4.69) is 9.88 Å². The molecular formula is C27H26ClN3O4S. The fourth-order valence-corrected chi connectivity index (χ4v) is 5.73. The first-order valence-electron chi connectivity index (χ1n) is 11.6. The van der Waals surface area contributed by atoms with Crippen LogP contribution in [0.1, 0.15) is 5.56 Å². The monoisotopic (exact) mass is 523 g/mol. The van der Waals surface area contributed by atoms with Gasteiger partial charge in [0.25, 0.3) is 0 Å². The first kappa shape index (κ1) is 24.2.